The van der Waals surface area contributed by atoms with Gasteiger partial charge in [0.2, 0.25) is 0 Å². The quantitative estimate of drug-likeness (QED) is 0.142. The Morgan fingerprint density at radius 3 is 1.11 bits per heavy atom. The molecule has 650 valence electrons. The topological polar surface area (TPSA) is 39.7 Å². The molecule has 3 aromatic heterocycles. The fraction of sp³-hybridized carbons (Fsp3) is 0.0769. The molecule has 23 aromatic rings. The number of fused-ring (bicyclic) bond motifs is 31. The molecule has 7 heterocycles. The number of benzene rings is 20. The molecule has 0 saturated carbocycles. The van der Waals surface area contributed by atoms with Crippen molar-refractivity contribution in [1.29, 1.82) is 0 Å². The first-order valence-electron chi connectivity index (χ1n) is 54.2. The second-order valence-electron chi connectivity index (χ2n) is 39.3. The highest BCUT2D eigenvalue weighted by atomic mass is 16.5. The van der Waals surface area contributed by atoms with Crippen LogP contribution in [0.2, 0.25) is 0 Å². The SMILES string of the molecule is [2H]c1c([2H])c([2H])c2c(c1[2H])c1c([2H])c(C(C)(C)C)c([2H])c([2H])c1n2-c1ccc2c(c1)N(c1ccccc1-c1ccc3c(c1)Oc1ccccc1C31c3ccccc3-c3ccccc31)c1cc(-c3ccc4c(c3)c3ccccc3n4-c3ccccc3)cc3c1B2c1ccc(-n2c4c([2H])c([2H])c([2H])c([2H])c4c4c([2H])c(C(C)(C)C)c([2H])c([2H])c42)cc1N3c1ccccc1-c1ccc2c(c1)Oc1ccccc1C21c2ccccc2-c2ccccc21. The van der Waals surface area contributed by atoms with E-state index in [1.54, 1.807) is 9.13 Å². The van der Waals surface area contributed by atoms with Crippen LogP contribution in [0.1, 0.15) is 116 Å². The first-order valence-corrected chi connectivity index (χ1v) is 47.2. The third-order valence-electron chi connectivity index (χ3n) is 30.0. The van der Waals surface area contributed by atoms with Crippen LogP contribution in [-0.4, -0.2) is 20.4 Å². The minimum Gasteiger partial charge on any atom is -0.457 e. The Morgan fingerprint density at radius 2 is 0.630 bits per heavy atom. The van der Waals surface area contributed by atoms with Crippen molar-refractivity contribution < 1.29 is 28.7 Å². The maximum atomic E-state index is 10.5. The molecule has 138 heavy (non-hydrogen) atoms. The maximum absolute atomic E-state index is 10.5. The van der Waals surface area contributed by atoms with E-state index in [9.17, 15) is 19.2 Å². The second kappa shape index (κ2) is 28.8. The number of ether oxygens (including phenoxy) is 2. The number of aromatic nitrogens is 3. The lowest BCUT2D eigenvalue weighted by Crippen LogP contribution is -2.61. The fourth-order valence-corrected chi connectivity index (χ4v) is 24.1. The standard InChI is InChI=1S/C130H90BN5O2/c1-127(2,3)83-59-68-116-98(75-83)95-41-17-28-52-113(95)133(116)86-61-65-108-118(77-86)135(110-49-25-14-34-88(110)80-56-63-106-124(73-80)137-122-54-30-23-47-104(122)129(106)100-43-19-10-36-90(100)91-37-11-20-44-101(91)129)120-71-82(79-58-67-115-97(70-79)94-40-16-27-51-112(94)132(115)85-32-8-7-9-33-85)72-121-126(120)131(108)109-66-62-87(134-114-53-29-18-42-96(114)99-76-84(128(4,5)6)60-69-117(99)134)78-119(109)136(121)111-50-26-15-35-89(111)81-57-64-107-125(74-81)138-123-55-31-24-48-105(123)130(107)102-45-21-12-38-92(102)93-39-13-22-46-103(93)130/h7-78H,1-6H3/i17D,18D,28D,29D,41D,42D,52D,53D,59D,60D,68D,69D,75D,76D. The smallest absolute Gasteiger partial charge is 0.252 e. The van der Waals surface area contributed by atoms with Gasteiger partial charge in [0.15, 0.2) is 0 Å². The molecule has 0 atom stereocenters. The van der Waals surface area contributed by atoms with E-state index in [1.807, 2.05) is 108 Å². The molecule has 4 aliphatic heterocycles. The van der Waals surface area contributed by atoms with Gasteiger partial charge < -0.3 is 33.0 Å². The number of nitrogens with zero attached hydrogens (tertiary/aromatic N) is 5. The Balaban J connectivity index is 0.758. The third kappa shape index (κ3) is 10.9. The van der Waals surface area contributed by atoms with Crippen LogP contribution in [0.15, 0.2) is 436 Å². The second-order valence-corrected chi connectivity index (χ2v) is 39.3. The Labute approximate surface area is 821 Å². The van der Waals surface area contributed by atoms with Crippen LogP contribution >= 0.6 is 0 Å². The van der Waals surface area contributed by atoms with Gasteiger partial charge in [0.25, 0.3) is 6.71 Å². The minimum absolute atomic E-state index is 0.0143. The lowest BCUT2D eigenvalue weighted by molar-refractivity contribution is 0.436. The summed E-state index contributed by atoms with van der Waals surface area (Å²) < 4.78 is 161. The molecule has 20 aromatic carbocycles. The lowest BCUT2D eigenvalue weighted by atomic mass is 9.33. The van der Waals surface area contributed by atoms with Crippen LogP contribution in [0.5, 0.6) is 23.0 Å². The van der Waals surface area contributed by atoms with Gasteiger partial charge in [-0.25, -0.2) is 0 Å². The molecule has 0 radical (unpaired) electrons. The van der Waals surface area contributed by atoms with E-state index >= 15 is 0 Å². The van der Waals surface area contributed by atoms with Crippen molar-refractivity contribution in [3.8, 4) is 95.7 Å². The van der Waals surface area contributed by atoms with E-state index in [1.165, 1.54) is 0 Å². The molecule has 0 bridgehead atoms. The predicted molar refractivity (Wildman–Crippen MR) is 572 cm³/mol. The molecule has 0 fully saturated rings. The molecule has 2 spiro atoms. The molecular weight excluding hydrogens is 1670 g/mol. The number of anilines is 6. The fourth-order valence-electron chi connectivity index (χ4n) is 24.1. The van der Waals surface area contributed by atoms with Crippen molar-refractivity contribution in [2.45, 2.75) is 63.2 Å². The zero-order valence-electron chi connectivity index (χ0n) is 90.1. The zero-order chi connectivity index (χ0) is 104. The summed E-state index contributed by atoms with van der Waals surface area (Å²) in [6.45, 7) is 10.5. The summed E-state index contributed by atoms with van der Waals surface area (Å²) in [6.07, 6.45) is 0. The van der Waals surface area contributed by atoms with Crippen molar-refractivity contribution in [1.82, 2.24) is 13.7 Å². The molecule has 0 unspecified atom stereocenters. The van der Waals surface area contributed by atoms with Gasteiger partial charge in [-0.15, -0.1) is 0 Å². The van der Waals surface area contributed by atoms with Crippen LogP contribution in [0.4, 0.5) is 34.1 Å². The van der Waals surface area contributed by atoms with Gasteiger partial charge in [-0.1, -0.05) is 339 Å². The van der Waals surface area contributed by atoms with Gasteiger partial charge in [-0.3, -0.25) is 0 Å². The van der Waals surface area contributed by atoms with Crippen LogP contribution in [-0.2, 0) is 21.7 Å². The highest BCUT2D eigenvalue weighted by Crippen LogP contribution is 2.66. The number of rotatable bonds is 8. The summed E-state index contributed by atoms with van der Waals surface area (Å²) in [4.78, 5) is 4.64. The summed E-state index contributed by atoms with van der Waals surface area (Å²) in [5.41, 5.74) is 24.9. The molecule has 0 N–H and O–H groups in total. The van der Waals surface area contributed by atoms with Crippen LogP contribution in [0.3, 0.4) is 0 Å². The van der Waals surface area contributed by atoms with E-state index in [-0.39, 0.29) is 91.0 Å². The molecule has 2 aliphatic carbocycles. The molecule has 29 rings (SSSR count). The Kier molecular flexibility index (Phi) is 13.7. The summed E-state index contributed by atoms with van der Waals surface area (Å²) in [7, 11) is 0. The van der Waals surface area contributed by atoms with Crippen molar-refractivity contribution in [2.24, 2.45) is 0 Å². The summed E-state index contributed by atoms with van der Waals surface area (Å²) in [5, 5.41) is 2.27. The van der Waals surface area contributed by atoms with E-state index in [0.29, 0.717) is 68.5 Å². The van der Waals surface area contributed by atoms with E-state index in [2.05, 4.69) is 299 Å². The van der Waals surface area contributed by atoms with E-state index < -0.39 is 76.7 Å². The molecule has 7 nitrogen and oxygen atoms in total. The minimum atomic E-state index is -0.882. The average molecular weight is 1780 g/mol. The van der Waals surface area contributed by atoms with E-state index in [4.69, 9.17) is 9.47 Å². The third-order valence-corrected chi connectivity index (χ3v) is 30.0. The molecule has 0 amide bonds. The van der Waals surface area contributed by atoms with Gasteiger partial charge in [-0.2, -0.15) is 0 Å². The molecule has 0 saturated heterocycles. The van der Waals surface area contributed by atoms with Crippen LogP contribution < -0.4 is 35.7 Å². The normalized spacial score (nSPS) is 15.5. The molecule has 8 heteroatoms. The van der Waals surface area contributed by atoms with Gasteiger partial charge in [-0.05, 0) is 244 Å². The molecule has 6 aliphatic rings. The number of hydrogen-bond donors (Lipinski definition) is 0. The highest BCUT2D eigenvalue weighted by Gasteiger charge is 2.54. The number of para-hydroxylation sites is 8. The first kappa shape index (κ1) is 65.6. The Morgan fingerprint density at radius 1 is 0.246 bits per heavy atom. The number of hydrogen-bond acceptors (Lipinski definition) is 4. The molecular formula is C130H90BN5O2. The lowest BCUT2D eigenvalue weighted by Gasteiger charge is -2.45. The Hall–Kier alpha value is -16.9. The Bertz CT molecular complexity index is 9590. The van der Waals surface area contributed by atoms with Gasteiger partial charge in [0.05, 0.1) is 74.5 Å². The highest BCUT2D eigenvalue weighted by molar-refractivity contribution is 7.00. The van der Waals surface area contributed by atoms with Gasteiger partial charge in [0.1, 0.15) is 23.0 Å². The van der Waals surface area contributed by atoms with Crippen molar-refractivity contribution >= 4 is 123 Å². The average Bonchev–Trinajstić information content (AvgIpc) is 1.72. The first-order chi connectivity index (χ1) is 73.6. The predicted octanol–water partition coefficient (Wildman–Crippen LogP) is 31.6. The summed E-state index contributed by atoms with van der Waals surface area (Å²) >= 11 is 0. The van der Waals surface area contributed by atoms with Gasteiger partial charge >= 0.3 is 0 Å². The van der Waals surface area contributed by atoms with Crippen molar-refractivity contribution in [3.05, 3.63) is 492 Å². The van der Waals surface area contributed by atoms with Crippen molar-refractivity contribution in [3.63, 3.8) is 0 Å². The monoisotopic (exact) mass is 1780 g/mol. The van der Waals surface area contributed by atoms with Crippen LogP contribution in [0.25, 0.3) is 138 Å². The summed E-state index contributed by atoms with van der Waals surface area (Å²) in [6, 6.07) is 119. The largest absolute Gasteiger partial charge is 0.457 e. The van der Waals surface area contributed by atoms with Crippen molar-refractivity contribution in [2.75, 3.05) is 9.80 Å². The zero-order valence-corrected chi connectivity index (χ0v) is 76.1. The van der Waals surface area contributed by atoms with E-state index in [0.717, 1.165) is 144 Å². The van der Waals surface area contributed by atoms with Crippen LogP contribution in [0, 0.1) is 0 Å². The summed E-state index contributed by atoms with van der Waals surface area (Å²) in [5.74, 6) is 2.72. The van der Waals surface area contributed by atoms with Gasteiger partial charge in [0, 0.05) is 106 Å². The maximum Gasteiger partial charge on any atom is 0.252 e.